The molecule has 1 aliphatic carbocycles. The Balaban J connectivity index is 1.79. The first-order valence-corrected chi connectivity index (χ1v) is 8.05. The third-order valence-electron chi connectivity index (χ3n) is 3.92. The highest BCUT2D eigenvalue weighted by molar-refractivity contribution is 7.10. The van der Waals surface area contributed by atoms with Gasteiger partial charge >= 0.3 is 0 Å². The summed E-state index contributed by atoms with van der Waals surface area (Å²) >= 11 is 1.88. The Labute approximate surface area is 110 Å². The molecule has 0 saturated heterocycles. The van der Waals surface area contributed by atoms with Crippen molar-refractivity contribution in [3.8, 4) is 0 Å². The Morgan fingerprint density at radius 1 is 1.29 bits per heavy atom. The highest BCUT2D eigenvalue weighted by Crippen LogP contribution is 2.25. The molecule has 0 aliphatic heterocycles. The first-order chi connectivity index (χ1) is 8.40. The summed E-state index contributed by atoms with van der Waals surface area (Å²) in [5.74, 6) is 0.923. The maximum Gasteiger partial charge on any atom is 0.0412 e. The third kappa shape index (κ3) is 4.11. The highest BCUT2D eigenvalue weighted by atomic mass is 32.1. The summed E-state index contributed by atoms with van der Waals surface area (Å²) in [6.45, 7) is 3.50. The summed E-state index contributed by atoms with van der Waals surface area (Å²) in [6.07, 6.45) is 9.89. The van der Waals surface area contributed by atoms with E-state index in [0.717, 1.165) is 5.92 Å². The van der Waals surface area contributed by atoms with E-state index >= 15 is 0 Å². The Morgan fingerprint density at radius 2 is 2.06 bits per heavy atom. The molecule has 0 bridgehead atoms. The standard InChI is InChI=1S/C15H25NS/c1-2-14(15-10-7-11-17-15)16-12-13-8-5-3-4-6-9-13/h7,10-11,13-14,16H,2-6,8-9,12H2,1H3. The minimum absolute atomic E-state index is 0.582. The van der Waals surface area contributed by atoms with Gasteiger partial charge in [0.2, 0.25) is 0 Å². The van der Waals surface area contributed by atoms with Crippen molar-refractivity contribution >= 4 is 11.3 Å². The SMILES string of the molecule is CCC(NCC1CCCCCC1)c1cccs1. The van der Waals surface area contributed by atoms with Gasteiger partial charge in [-0.3, -0.25) is 0 Å². The van der Waals surface area contributed by atoms with Crippen LogP contribution in [0.5, 0.6) is 0 Å². The predicted molar refractivity (Wildman–Crippen MR) is 76.5 cm³/mol. The largest absolute Gasteiger partial charge is 0.309 e. The third-order valence-corrected chi connectivity index (χ3v) is 4.91. The fraction of sp³-hybridized carbons (Fsp3) is 0.733. The number of hydrogen-bond donors (Lipinski definition) is 1. The van der Waals surface area contributed by atoms with Crippen LogP contribution in [-0.4, -0.2) is 6.54 Å². The van der Waals surface area contributed by atoms with E-state index in [-0.39, 0.29) is 0 Å². The second-order valence-corrected chi connectivity index (χ2v) is 6.22. The monoisotopic (exact) mass is 251 g/mol. The molecule has 96 valence electrons. The van der Waals surface area contributed by atoms with Crippen molar-refractivity contribution in [3.05, 3.63) is 22.4 Å². The molecule has 1 aliphatic rings. The van der Waals surface area contributed by atoms with Crippen molar-refractivity contribution in [2.75, 3.05) is 6.54 Å². The molecule has 0 amide bonds. The van der Waals surface area contributed by atoms with E-state index in [9.17, 15) is 0 Å². The number of thiophene rings is 1. The average Bonchev–Trinajstić information content (AvgIpc) is 2.74. The number of nitrogens with one attached hydrogen (secondary N) is 1. The lowest BCUT2D eigenvalue weighted by Gasteiger charge is -2.20. The molecule has 1 aromatic heterocycles. The van der Waals surface area contributed by atoms with Crippen LogP contribution in [0.4, 0.5) is 0 Å². The van der Waals surface area contributed by atoms with Crippen molar-refractivity contribution in [1.29, 1.82) is 0 Å². The van der Waals surface area contributed by atoms with Crippen molar-refractivity contribution < 1.29 is 0 Å². The van der Waals surface area contributed by atoms with Gasteiger partial charge in [0.1, 0.15) is 0 Å². The number of rotatable bonds is 5. The van der Waals surface area contributed by atoms with E-state index in [0.29, 0.717) is 6.04 Å². The van der Waals surface area contributed by atoms with E-state index in [1.54, 1.807) is 0 Å². The van der Waals surface area contributed by atoms with Gasteiger partial charge in [-0.25, -0.2) is 0 Å². The van der Waals surface area contributed by atoms with Gasteiger partial charge in [0.25, 0.3) is 0 Å². The van der Waals surface area contributed by atoms with Crippen LogP contribution in [0.3, 0.4) is 0 Å². The molecule has 2 rings (SSSR count). The van der Waals surface area contributed by atoms with Gasteiger partial charge in [-0.15, -0.1) is 11.3 Å². The Hall–Kier alpha value is -0.340. The van der Waals surface area contributed by atoms with Crippen LogP contribution in [0.2, 0.25) is 0 Å². The quantitative estimate of drug-likeness (QED) is 0.744. The molecule has 17 heavy (non-hydrogen) atoms. The zero-order valence-electron chi connectivity index (χ0n) is 11.0. The second kappa shape index (κ2) is 7.17. The Kier molecular flexibility index (Phi) is 5.53. The molecule has 1 N–H and O–H groups in total. The first-order valence-electron chi connectivity index (χ1n) is 7.17. The zero-order chi connectivity index (χ0) is 11.9. The molecule has 0 radical (unpaired) electrons. The molecule has 0 spiro atoms. The van der Waals surface area contributed by atoms with Crippen LogP contribution in [0.25, 0.3) is 0 Å². The lowest BCUT2D eigenvalue weighted by molar-refractivity contribution is 0.392. The number of hydrogen-bond acceptors (Lipinski definition) is 2. The van der Waals surface area contributed by atoms with Gasteiger partial charge in [0, 0.05) is 10.9 Å². The molecule has 1 saturated carbocycles. The van der Waals surface area contributed by atoms with Gasteiger partial charge in [0.15, 0.2) is 0 Å². The summed E-state index contributed by atoms with van der Waals surface area (Å²) in [5.41, 5.74) is 0. The Morgan fingerprint density at radius 3 is 2.65 bits per heavy atom. The van der Waals surface area contributed by atoms with Gasteiger partial charge in [-0.2, -0.15) is 0 Å². The minimum Gasteiger partial charge on any atom is -0.309 e. The molecule has 1 aromatic rings. The molecule has 1 nitrogen and oxygen atoms in total. The minimum atomic E-state index is 0.582. The summed E-state index contributed by atoms with van der Waals surface area (Å²) in [5, 5.41) is 5.97. The van der Waals surface area contributed by atoms with Crippen LogP contribution in [0.15, 0.2) is 17.5 Å². The van der Waals surface area contributed by atoms with Gasteiger partial charge in [-0.1, -0.05) is 38.7 Å². The van der Waals surface area contributed by atoms with Gasteiger partial charge in [0.05, 0.1) is 0 Å². The van der Waals surface area contributed by atoms with E-state index in [2.05, 4.69) is 29.8 Å². The summed E-state index contributed by atoms with van der Waals surface area (Å²) in [7, 11) is 0. The molecule has 1 unspecified atom stereocenters. The van der Waals surface area contributed by atoms with Crippen LogP contribution in [0.1, 0.15) is 62.8 Å². The lowest BCUT2D eigenvalue weighted by Crippen LogP contribution is -2.26. The fourth-order valence-corrected chi connectivity index (χ4v) is 3.70. The predicted octanol–water partition coefficient (Wildman–Crippen LogP) is 4.76. The molecule has 0 aromatic carbocycles. The second-order valence-electron chi connectivity index (χ2n) is 5.24. The van der Waals surface area contributed by atoms with Gasteiger partial charge < -0.3 is 5.32 Å². The van der Waals surface area contributed by atoms with E-state index in [4.69, 9.17) is 0 Å². The molecular weight excluding hydrogens is 226 g/mol. The molecular formula is C15H25NS. The van der Waals surface area contributed by atoms with E-state index in [1.807, 2.05) is 11.3 Å². The fourth-order valence-electron chi connectivity index (χ4n) is 2.81. The van der Waals surface area contributed by atoms with Crippen LogP contribution < -0.4 is 5.32 Å². The van der Waals surface area contributed by atoms with Gasteiger partial charge in [-0.05, 0) is 43.2 Å². The summed E-state index contributed by atoms with van der Waals surface area (Å²) in [6, 6.07) is 5.01. The first kappa shape index (κ1) is 13.1. The van der Waals surface area contributed by atoms with Crippen LogP contribution in [-0.2, 0) is 0 Å². The maximum absolute atomic E-state index is 3.78. The zero-order valence-corrected chi connectivity index (χ0v) is 11.8. The molecule has 1 fully saturated rings. The van der Waals surface area contributed by atoms with Crippen molar-refractivity contribution in [2.24, 2.45) is 5.92 Å². The van der Waals surface area contributed by atoms with Crippen molar-refractivity contribution in [3.63, 3.8) is 0 Å². The van der Waals surface area contributed by atoms with E-state index in [1.165, 1.54) is 56.4 Å². The molecule has 1 atom stereocenters. The van der Waals surface area contributed by atoms with Crippen LogP contribution >= 0.6 is 11.3 Å². The molecule has 1 heterocycles. The van der Waals surface area contributed by atoms with Crippen molar-refractivity contribution in [2.45, 2.75) is 57.9 Å². The highest BCUT2D eigenvalue weighted by Gasteiger charge is 2.15. The average molecular weight is 251 g/mol. The summed E-state index contributed by atoms with van der Waals surface area (Å²) in [4.78, 5) is 1.50. The normalized spacial score (nSPS) is 20.1. The summed E-state index contributed by atoms with van der Waals surface area (Å²) < 4.78 is 0. The topological polar surface area (TPSA) is 12.0 Å². The smallest absolute Gasteiger partial charge is 0.0412 e. The van der Waals surface area contributed by atoms with Crippen LogP contribution in [0, 0.1) is 5.92 Å². The lowest BCUT2D eigenvalue weighted by atomic mass is 10.00. The Bertz CT molecular complexity index is 286. The van der Waals surface area contributed by atoms with E-state index < -0.39 is 0 Å². The molecule has 2 heteroatoms. The van der Waals surface area contributed by atoms with Crippen molar-refractivity contribution in [1.82, 2.24) is 5.32 Å². The maximum atomic E-state index is 3.78.